The fraction of sp³-hybridized carbons (Fsp3) is 0.0588. The molecule has 1 aromatic heterocycles. The second-order valence-electron chi connectivity index (χ2n) is 4.94. The van der Waals surface area contributed by atoms with E-state index >= 15 is 0 Å². The van der Waals surface area contributed by atoms with Crippen molar-refractivity contribution in [2.75, 3.05) is 0 Å². The predicted molar refractivity (Wildman–Crippen MR) is 90.9 cm³/mol. The SMILES string of the molecule is Cn1ccc(C#Cc2cccc(O/C(NN)=C(/N)C(=O)O)c2)cc1=O. The minimum absolute atomic E-state index is 0.156. The Morgan fingerprint density at radius 1 is 1.24 bits per heavy atom. The molecule has 2 rings (SSSR count). The van der Waals surface area contributed by atoms with Gasteiger partial charge in [-0.1, -0.05) is 17.9 Å². The maximum Gasteiger partial charge on any atom is 0.357 e. The lowest BCUT2D eigenvalue weighted by Gasteiger charge is -2.10. The highest BCUT2D eigenvalue weighted by molar-refractivity contribution is 5.85. The van der Waals surface area contributed by atoms with Crippen LogP contribution in [0.1, 0.15) is 11.1 Å². The van der Waals surface area contributed by atoms with Crippen LogP contribution in [0.15, 0.2) is 59.0 Å². The molecule has 0 spiro atoms. The zero-order chi connectivity index (χ0) is 18.4. The number of carbonyl (C=O) groups is 1. The number of rotatable bonds is 4. The molecule has 0 aliphatic heterocycles. The van der Waals surface area contributed by atoms with Gasteiger partial charge in [0, 0.05) is 30.4 Å². The number of aryl methyl sites for hydroxylation is 1. The number of ether oxygens (including phenoxy) is 1. The van der Waals surface area contributed by atoms with Crippen molar-refractivity contribution < 1.29 is 14.6 Å². The average molecular weight is 340 g/mol. The number of aromatic nitrogens is 1. The summed E-state index contributed by atoms with van der Waals surface area (Å²) in [5, 5.41) is 8.86. The van der Waals surface area contributed by atoms with Crippen LogP contribution in [0.25, 0.3) is 0 Å². The molecule has 0 unspecified atom stereocenters. The van der Waals surface area contributed by atoms with E-state index in [1.165, 1.54) is 10.6 Å². The number of nitrogens with zero attached hydrogens (tertiary/aromatic N) is 1. The first-order chi connectivity index (χ1) is 11.9. The lowest BCUT2D eigenvalue weighted by atomic mass is 10.2. The zero-order valence-corrected chi connectivity index (χ0v) is 13.3. The van der Waals surface area contributed by atoms with E-state index in [1.54, 1.807) is 43.6 Å². The van der Waals surface area contributed by atoms with Crippen molar-refractivity contribution in [3.05, 3.63) is 75.7 Å². The van der Waals surface area contributed by atoms with Crippen molar-refractivity contribution >= 4 is 5.97 Å². The highest BCUT2D eigenvalue weighted by atomic mass is 16.5. The number of hydrogen-bond acceptors (Lipinski definition) is 6. The van der Waals surface area contributed by atoms with E-state index in [4.69, 9.17) is 21.4 Å². The molecule has 0 aliphatic rings. The van der Waals surface area contributed by atoms with E-state index in [1.807, 2.05) is 0 Å². The molecule has 0 bridgehead atoms. The van der Waals surface area contributed by atoms with E-state index < -0.39 is 11.7 Å². The maximum absolute atomic E-state index is 11.6. The van der Waals surface area contributed by atoms with Gasteiger partial charge < -0.3 is 20.1 Å². The second-order valence-corrected chi connectivity index (χ2v) is 4.94. The van der Waals surface area contributed by atoms with Gasteiger partial charge in [0.2, 0.25) is 5.88 Å². The van der Waals surface area contributed by atoms with Crippen LogP contribution >= 0.6 is 0 Å². The predicted octanol–water partition coefficient (Wildman–Crippen LogP) is -0.160. The fourth-order valence-corrected chi connectivity index (χ4v) is 1.79. The Morgan fingerprint density at radius 3 is 2.52 bits per heavy atom. The molecule has 128 valence electrons. The fourth-order valence-electron chi connectivity index (χ4n) is 1.79. The highest BCUT2D eigenvalue weighted by Gasteiger charge is 2.12. The van der Waals surface area contributed by atoms with Crippen LogP contribution < -0.4 is 27.3 Å². The summed E-state index contributed by atoms with van der Waals surface area (Å²) >= 11 is 0. The minimum atomic E-state index is -1.37. The van der Waals surface area contributed by atoms with E-state index in [9.17, 15) is 9.59 Å². The Balaban J connectivity index is 2.26. The smallest absolute Gasteiger partial charge is 0.357 e. The van der Waals surface area contributed by atoms with Crippen LogP contribution in [0.3, 0.4) is 0 Å². The van der Waals surface area contributed by atoms with Crippen LogP contribution in [0, 0.1) is 11.8 Å². The van der Waals surface area contributed by atoms with Gasteiger partial charge in [0.15, 0.2) is 5.70 Å². The molecule has 0 amide bonds. The first-order valence-electron chi connectivity index (χ1n) is 7.07. The van der Waals surface area contributed by atoms with Gasteiger partial charge in [-0.2, -0.15) is 0 Å². The van der Waals surface area contributed by atoms with Crippen LogP contribution in [-0.2, 0) is 11.8 Å². The van der Waals surface area contributed by atoms with Crippen LogP contribution in [0.5, 0.6) is 5.75 Å². The van der Waals surface area contributed by atoms with E-state index in [2.05, 4.69) is 17.3 Å². The summed E-state index contributed by atoms with van der Waals surface area (Å²) in [4.78, 5) is 22.4. The lowest BCUT2D eigenvalue weighted by Crippen LogP contribution is -2.31. The van der Waals surface area contributed by atoms with Crippen molar-refractivity contribution in [1.29, 1.82) is 0 Å². The Morgan fingerprint density at radius 2 is 1.92 bits per heavy atom. The summed E-state index contributed by atoms with van der Waals surface area (Å²) in [6, 6.07) is 9.74. The molecule has 0 saturated heterocycles. The average Bonchev–Trinajstić information content (AvgIpc) is 2.60. The van der Waals surface area contributed by atoms with Crippen molar-refractivity contribution in [1.82, 2.24) is 9.99 Å². The molecule has 0 atom stereocenters. The quantitative estimate of drug-likeness (QED) is 0.200. The van der Waals surface area contributed by atoms with Crippen molar-refractivity contribution in [2.45, 2.75) is 0 Å². The number of benzene rings is 1. The van der Waals surface area contributed by atoms with Crippen molar-refractivity contribution in [3.63, 3.8) is 0 Å². The summed E-state index contributed by atoms with van der Waals surface area (Å²) in [6.45, 7) is 0. The molecule has 8 heteroatoms. The molecule has 2 aromatic rings. The number of nitrogens with two attached hydrogens (primary N) is 2. The normalized spacial score (nSPS) is 11.0. The Kier molecular flexibility index (Phi) is 5.45. The van der Waals surface area contributed by atoms with E-state index in [0.717, 1.165) is 0 Å². The van der Waals surface area contributed by atoms with Gasteiger partial charge in [-0.05, 0) is 24.3 Å². The number of hydrogen-bond donors (Lipinski definition) is 4. The van der Waals surface area contributed by atoms with Crippen molar-refractivity contribution in [2.24, 2.45) is 18.6 Å². The summed E-state index contributed by atoms with van der Waals surface area (Å²) in [6.07, 6.45) is 1.63. The Labute approximate surface area is 143 Å². The van der Waals surface area contributed by atoms with Crippen LogP contribution in [0.4, 0.5) is 0 Å². The van der Waals surface area contributed by atoms with Gasteiger partial charge in [-0.25, -0.2) is 10.6 Å². The van der Waals surface area contributed by atoms with Gasteiger partial charge >= 0.3 is 5.97 Å². The zero-order valence-electron chi connectivity index (χ0n) is 13.3. The molecule has 25 heavy (non-hydrogen) atoms. The number of carboxylic acids is 1. The molecule has 0 aliphatic carbocycles. The summed E-state index contributed by atoms with van der Waals surface area (Å²) in [7, 11) is 1.65. The second kappa shape index (κ2) is 7.72. The van der Waals surface area contributed by atoms with Crippen molar-refractivity contribution in [3.8, 4) is 17.6 Å². The molecule has 1 aromatic carbocycles. The molecule has 6 N–H and O–H groups in total. The lowest BCUT2D eigenvalue weighted by molar-refractivity contribution is -0.132. The van der Waals surface area contributed by atoms with E-state index in [-0.39, 0.29) is 11.4 Å². The topological polar surface area (TPSA) is 133 Å². The monoisotopic (exact) mass is 340 g/mol. The number of hydrazine groups is 1. The number of pyridine rings is 1. The standard InChI is InChI=1S/C17H16N4O4/c1-21-8-7-12(10-14(21)22)6-5-11-3-2-4-13(9-11)25-16(20-19)15(18)17(23)24/h2-4,7-10,20H,18-19H2,1H3,(H,23,24)/b16-15+. The molecule has 0 radical (unpaired) electrons. The molecule has 8 nitrogen and oxygen atoms in total. The van der Waals surface area contributed by atoms with Gasteiger partial charge in [0.1, 0.15) is 5.75 Å². The summed E-state index contributed by atoms with van der Waals surface area (Å²) in [5.41, 5.74) is 7.94. The Bertz CT molecular complexity index is 951. The van der Waals surface area contributed by atoms with Crippen LogP contribution in [-0.4, -0.2) is 15.6 Å². The third-order valence-electron chi connectivity index (χ3n) is 3.12. The summed E-state index contributed by atoms with van der Waals surface area (Å²) in [5.74, 6) is 9.64. The van der Waals surface area contributed by atoms with Gasteiger partial charge in [0.05, 0.1) is 0 Å². The molecule has 1 heterocycles. The largest absolute Gasteiger partial charge is 0.476 e. The number of aliphatic carboxylic acids is 1. The Hall–Kier alpha value is -3.70. The minimum Gasteiger partial charge on any atom is -0.476 e. The van der Waals surface area contributed by atoms with Gasteiger partial charge in [-0.15, -0.1) is 0 Å². The molecular formula is C17H16N4O4. The third-order valence-corrected chi connectivity index (χ3v) is 3.12. The first kappa shape index (κ1) is 17.7. The van der Waals surface area contributed by atoms with Crippen LogP contribution in [0.2, 0.25) is 0 Å². The summed E-state index contributed by atoms with van der Waals surface area (Å²) < 4.78 is 6.78. The number of nitrogens with one attached hydrogen (secondary N) is 1. The number of carboxylic acid groups (broad SMARTS) is 1. The molecule has 0 saturated carbocycles. The third kappa shape index (κ3) is 4.63. The maximum atomic E-state index is 11.6. The molecular weight excluding hydrogens is 324 g/mol. The van der Waals surface area contributed by atoms with Gasteiger partial charge in [-0.3, -0.25) is 10.2 Å². The highest BCUT2D eigenvalue weighted by Crippen LogP contribution is 2.15. The van der Waals surface area contributed by atoms with Gasteiger partial charge in [0.25, 0.3) is 5.56 Å². The van der Waals surface area contributed by atoms with E-state index in [0.29, 0.717) is 16.9 Å². The molecule has 0 fully saturated rings. The first-order valence-corrected chi connectivity index (χ1v) is 7.07.